The van der Waals surface area contributed by atoms with Crippen molar-refractivity contribution in [1.29, 1.82) is 0 Å². The average molecular weight is 519 g/mol. The maximum absolute atomic E-state index is 6.53. The largest absolute Gasteiger partial charge is 0.442 e. The molecule has 1 aliphatic heterocycles. The van der Waals surface area contributed by atoms with Gasteiger partial charge in [0.05, 0.1) is 6.72 Å². The number of aryl methyl sites for hydroxylation is 1. The fourth-order valence-electron chi connectivity index (χ4n) is 5.98. The Morgan fingerprint density at radius 2 is 1.52 bits per heavy atom. The predicted octanol–water partition coefficient (Wildman–Crippen LogP) is 9.37. The molecule has 0 unspecified atom stereocenters. The summed E-state index contributed by atoms with van der Waals surface area (Å²) < 4.78 is 8.52. The third-order valence-corrected chi connectivity index (χ3v) is 8.00. The highest BCUT2D eigenvalue weighted by Crippen LogP contribution is 2.43. The van der Waals surface area contributed by atoms with Crippen molar-refractivity contribution in [3.05, 3.63) is 137 Å². The summed E-state index contributed by atoms with van der Waals surface area (Å²) in [6.45, 7) is 11.1. The molecule has 0 amide bonds. The summed E-state index contributed by atoms with van der Waals surface area (Å²) >= 11 is 0. The summed E-state index contributed by atoms with van der Waals surface area (Å²) in [5.74, 6) is 1.08. The molecule has 5 aromatic carbocycles. The van der Waals surface area contributed by atoms with E-state index in [1.165, 1.54) is 21.9 Å². The van der Waals surface area contributed by atoms with Crippen molar-refractivity contribution >= 4 is 34.7 Å². The number of hydrogen-bond donors (Lipinski definition) is 0. The lowest BCUT2D eigenvalue weighted by molar-refractivity contribution is -0.418. The second-order valence-electron chi connectivity index (χ2n) is 10.8. The summed E-state index contributed by atoms with van der Waals surface area (Å²) in [4.78, 5) is 5.02. The maximum Gasteiger partial charge on any atom is 0.226 e. The molecular formula is C37H30N2O. The Labute approximate surface area is 234 Å². The van der Waals surface area contributed by atoms with Gasteiger partial charge in [-0.2, -0.15) is 0 Å². The Morgan fingerprint density at radius 1 is 0.800 bits per heavy atom. The van der Waals surface area contributed by atoms with Gasteiger partial charge < -0.3 is 4.42 Å². The lowest BCUT2D eigenvalue weighted by Crippen LogP contribution is -2.20. The molecule has 6 aromatic rings. The number of fused-ring (bicyclic) bond motifs is 4. The summed E-state index contributed by atoms with van der Waals surface area (Å²) in [5, 5.41) is 2.57. The van der Waals surface area contributed by atoms with Gasteiger partial charge in [-0.1, -0.05) is 106 Å². The number of nitrogens with zero attached hydrogens (tertiary/aromatic N) is 2. The Bertz CT molecular complexity index is 1950. The minimum atomic E-state index is 0.449. The minimum Gasteiger partial charge on any atom is -0.442 e. The Hall–Kier alpha value is -4.89. The van der Waals surface area contributed by atoms with Gasteiger partial charge in [0.1, 0.15) is 17.3 Å². The molecule has 2 heterocycles. The normalized spacial score (nSPS) is 13.0. The predicted molar refractivity (Wildman–Crippen MR) is 166 cm³/mol. The van der Waals surface area contributed by atoms with Crippen molar-refractivity contribution in [2.75, 3.05) is 0 Å². The van der Waals surface area contributed by atoms with Gasteiger partial charge in [-0.25, -0.2) is 9.56 Å². The standard InChI is InChI=1S/C37H30N2O/c1-23(2)27-16-11-17-28-29(27)18-19-31-30(28)20-21-39(4)35(31)32-22-33(25-12-7-5-8-13-25)34-36(24(32)3)40-37(38-34)26-14-9-6-10-15-26/h5-23H,4H2,1-3H3. The van der Waals surface area contributed by atoms with Gasteiger partial charge in [0, 0.05) is 5.56 Å². The van der Waals surface area contributed by atoms with Crippen LogP contribution in [0.1, 0.15) is 47.6 Å². The van der Waals surface area contributed by atoms with Gasteiger partial charge in [0.25, 0.3) is 0 Å². The maximum atomic E-state index is 6.53. The molecule has 7 rings (SSSR count). The quantitative estimate of drug-likeness (QED) is 0.172. The zero-order valence-electron chi connectivity index (χ0n) is 23.0. The molecule has 1 aromatic heterocycles. The third kappa shape index (κ3) is 3.77. The van der Waals surface area contributed by atoms with Crippen molar-refractivity contribution in [2.24, 2.45) is 0 Å². The zero-order chi connectivity index (χ0) is 27.4. The van der Waals surface area contributed by atoms with Crippen molar-refractivity contribution in [2.45, 2.75) is 26.7 Å². The average Bonchev–Trinajstić information content (AvgIpc) is 3.44. The van der Waals surface area contributed by atoms with E-state index in [1.807, 2.05) is 41.0 Å². The Balaban J connectivity index is 1.49. The molecule has 40 heavy (non-hydrogen) atoms. The highest BCUT2D eigenvalue weighted by Gasteiger charge is 2.29. The summed E-state index contributed by atoms with van der Waals surface area (Å²) in [7, 11) is 0. The first kappa shape index (κ1) is 24.2. The van der Waals surface area contributed by atoms with Crippen molar-refractivity contribution in [3.63, 3.8) is 0 Å². The number of aromatic nitrogens is 1. The van der Waals surface area contributed by atoms with Crippen LogP contribution in [-0.2, 0) is 0 Å². The molecule has 0 aliphatic carbocycles. The highest BCUT2D eigenvalue weighted by molar-refractivity contribution is 5.98. The summed E-state index contributed by atoms with van der Waals surface area (Å²) in [6, 6.07) is 35.0. The van der Waals surface area contributed by atoms with E-state index < -0.39 is 0 Å². The first-order valence-corrected chi connectivity index (χ1v) is 13.8. The van der Waals surface area contributed by atoms with E-state index in [2.05, 4.69) is 100 Å². The Kier molecular flexibility index (Phi) is 5.67. The molecule has 3 heteroatoms. The molecule has 0 fully saturated rings. The number of hydrogen-bond acceptors (Lipinski definition) is 2. The number of rotatable bonds is 4. The van der Waals surface area contributed by atoms with E-state index >= 15 is 0 Å². The third-order valence-electron chi connectivity index (χ3n) is 8.00. The van der Waals surface area contributed by atoms with Crippen LogP contribution < -0.4 is 0 Å². The van der Waals surface area contributed by atoms with Gasteiger partial charge in [-0.05, 0) is 73.8 Å². The molecule has 3 nitrogen and oxygen atoms in total. The highest BCUT2D eigenvalue weighted by atomic mass is 16.3. The summed E-state index contributed by atoms with van der Waals surface area (Å²) in [5.41, 5.74) is 10.7. The van der Waals surface area contributed by atoms with Crippen molar-refractivity contribution in [1.82, 2.24) is 4.98 Å². The van der Waals surface area contributed by atoms with E-state index in [-0.39, 0.29) is 0 Å². The molecule has 0 N–H and O–H groups in total. The molecule has 0 atom stereocenters. The fraction of sp³-hybridized carbons (Fsp3) is 0.108. The second kappa shape index (κ2) is 9.39. The van der Waals surface area contributed by atoms with Gasteiger partial charge in [0.2, 0.25) is 5.89 Å². The zero-order valence-corrected chi connectivity index (χ0v) is 23.0. The van der Waals surface area contributed by atoms with Crippen LogP contribution in [-0.4, -0.2) is 16.3 Å². The van der Waals surface area contributed by atoms with Gasteiger partial charge in [-0.15, -0.1) is 0 Å². The fourth-order valence-corrected chi connectivity index (χ4v) is 5.98. The number of oxazole rings is 1. The molecule has 0 saturated heterocycles. The van der Waals surface area contributed by atoms with E-state index in [0.29, 0.717) is 11.8 Å². The first-order chi connectivity index (χ1) is 19.5. The van der Waals surface area contributed by atoms with Crippen LogP contribution in [0, 0.1) is 13.0 Å². The van der Waals surface area contributed by atoms with Crippen molar-refractivity contribution < 1.29 is 8.99 Å². The SMILES string of the molecule is C=[N+]1C=Cc2c(ccc3c(C(C)C)cccc23)[C-]1c1cc(-c2ccccc2)c2nc(-c3ccccc3)oc2c1C. The first-order valence-electron chi connectivity index (χ1n) is 13.8. The molecule has 0 saturated carbocycles. The van der Waals surface area contributed by atoms with Crippen LogP contribution in [0.4, 0.5) is 0 Å². The molecular weight excluding hydrogens is 488 g/mol. The summed E-state index contributed by atoms with van der Waals surface area (Å²) in [6.07, 6.45) is 4.26. The lowest BCUT2D eigenvalue weighted by atomic mass is 9.84. The van der Waals surface area contributed by atoms with Crippen molar-refractivity contribution in [3.8, 4) is 22.6 Å². The minimum absolute atomic E-state index is 0.449. The molecule has 194 valence electrons. The van der Waals surface area contributed by atoms with Crippen LogP contribution in [0.25, 0.3) is 50.5 Å². The molecule has 1 aliphatic rings. The van der Waals surface area contributed by atoms with Gasteiger partial charge in [0.15, 0.2) is 6.04 Å². The van der Waals surface area contributed by atoms with E-state index in [4.69, 9.17) is 9.40 Å². The van der Waals surface area contributed by atoms with Crippen LogP contribution >= 0.6 is 0 Å². The van der Waals surface area contributed by atoms with E-state index in [9.17, 15) is 0 Å². The number of benzene rings is 5. The van der Waals surface area contributed by atoms with Gasteiger partial charge in [-0.3, -0.25) is 0 Å². The van der Waals surface area contributed by atoms with Crippen LogP contribution in [0.2, 0.25) is 0 Å². The molecule has 0 radical (unpaired) electrons. The molecule has 0 bridgehead atoms. The van der Waals surface area contributed by atoms with E-state index in [1.54, 1.807) is 0 Å². The monoisotopic (exact) mass is 518 g/mol. The smallest absolute Gasteiger partial charge is 0.226 e. The van der Waals surface area contributed by atoms with Crippen LogP contribution in [0.3, 0.4) is 0 Å². The van der Waals surface area contributed by atoms with Gasteiger partial charge >= 0.3 is 0 Å². The topological polar surface area (TPSA) is 29.0 Å². The van der Waals surface area contributed by atoms with E-state index in [0.717, 1.165) is 50.5 Å². The molecule has 0 spiro atoms. The van der Waals surface area contributed by atoms with Crippen LogP contribution in [0.5, 0.6) is 0 Å². The van der Waals surface area contributed by atoms with Crippen LogP contribution in [0.15, 0.2) is 108 Å². The second-order valence-corrected chi connectivity index (χ2v) is 10.8. The lowest BCUT2D eigenvalue weighted by Gasteiger charge is -2.27. The Morgan fingerprint density at radius 3 is 2.25 bits per heavy atom.